The Morgan fingerprint density at radius 2 is 1.88 bits per heavy atom. The molecule has 6 heteroatoms. The van der Waals surface area contributed by atoms with E-state index >= 15 is 0 Å². The molecule has 0 aliphatic carbocycles. The number of ether oxygens (including phenoxy) is 1. The van der Waals surface area contributed by atoms with E-state index in [2.05, 4.69) is 0 Å². The molecule has 0 radical (unpaired) electrons. The summed E-state index contributed by atoms with van der Waals surface area (Å²) < 4.78 is 30.5. The third-order valence-electron chi connectivity index (χ3n) is 2.67. The topological polar surface area (TPSA) is 72.6 Å². The fourth-order valence-corrected chi connectivity index (χ4v) is 3.04. The van der Waals surface area contributed by atoms with Crippen LogP contribution in [0.1, 0.15) is 0 Å². The van der Waals surface area contributed by atoms with Crippen molar-refractivity contribution in [2.24, 2.45) is 0 Å². The van der Waals surface area contributed by atoms with Gasteiger partial charge in [0.15, 0.2) is 0 Å². The minimum Gasteiger partial charge on any atom is -0.399 e. The van der Waals surface area contributed by atoms with Crippen molar-refractivity contribution in [2.45, 2.75) is 11.0 Å². The first kappa shape index (κ1) is 11.4. The third-order valence-corrected chi connectivity index (χ3v) is 4.51. The highest BCUT2D eigenvalue weighted by atomic mass is 32.2. The quantitative estimate of drug-likeness (QED) is 0.773. The Morgan fingerprint density at radius 3 is 2.38 bits per heavy atom. The van der Waals surface area contributed by atoms with Gasteiger partial charge in [0.05, 0.1) is 11.0 Å². The van der Waals surface area contributed by atoms with Gasteiger partial charge in [-0.05, 0) is 24.3 Å². The number of sulfonamides is 1. The molecule has 0 saturated carbocycles. The normalized spacial score (nSPS) is 18.3. The first-order valence-corrected chi connectivity index (χ1v) is 6.36. The molecule has 88 valence electrons. The molecule has 5 nitrogen and oxygen atoms in total. The number of anilines is 1. The van der Waals surface area contributed by atoms with E-state index in [4.69, 9.17) is 10.5 Å². The molecule has 2 N–H and O–H groups in total. The van der Waals surface area contributed by atoms with E-state index in [0.717, 1.165) is 0 Å². The Labute approximate surface area is 94.9 Å². The van der Waals surface area contributed by atoms with Gasteiger partial charge < -0.3 is 10.5 Å². The van der Waals surface area contributed by atoms with Gasteiger partial charge in [0.1, 0.15) is 0 Å². The Kier molecular flexibility index (Phi) is 2.88. The van der Waals surface area contributed by atoms with E-state index in [1.807, 2.05) is 0 Å². The average Bonchev–Trinajstić information content (AvgIpc) is 2.16. The second-order valence-corrected chi connectivity index (χ2v) is 5.69. The van der Waals surface area contributed by atoms with Crippen molar-refractivity contribution in [1.29, 1.82) is 0 Å². The summed E-state index contributed by atoms with van der Waals surface area (Å²) in [5.41, 5.74) is 6.06. The van der Waals surface area contributed by atoms with Crippen LogP contribution in [0.4, 0.5) is 5.69 Å². The van der Waals surface area contributed by atoms with Crippen LogP contribution in [0.3, 0.4) is 0 Å². The Bertz CT molecular complexity index is 463. The van der Waals surface area contributed by atoms with E-state index in [1.165, 1.54) is 16.4 Å². The summed E-state index contributed by atoms with van der Waals surface area (Å²) in [5.74, 6) is 0. The molecule has 0 unspecified atom stereocenters. The molecule has 0 atom stereocenters. The molecule has 1 aliphatic heterocycles. The predicted octanol–water partition coefficient (Wildman–Crippen LogP) is 0.288. The smallest absolute Gasteiger partial charge is 0.243 e. The lowest BCUT2D eigenvalue weighted by Gasteiger charge is -2.36. The van der Waals surface area contributed by atoms with Crippen LogP contribution in [0.5, 0.6) is 0 Å². The number of hydrogen-bond acceptors (Lipinski definition) is 4. The molecule has 0 bridgehead atoms. The van der Waals surface area contributed by atoms with Gasteiger partial charge in [-0.25, -0.2) is 8.42 Å². The summed E-state index contributed by atoms with van der Waals surface area (Å²) in [7, 11) is -1.78. The van der Waals surface area contributed by atoms with Crippen LogP contribution >= 0.6 is 0 Å². The third kappa shape index (κ3) is 1.91. The second-order valence-electron chi connectivity index (χ2n) is 3.75. The maximum Gasteiger partial charge on any atom is 0.243 e. The van der Waals surface area contributed by atoms with E-state index < -0.39 is 10.0 Å². The zero-order valence-corrected chi connectivity index (χ0v) is 9.78. The number of rotatable bonds is 3. The molecule has 1 aromatic rings. The van der Waals surface area contributed by atoms with Crippen molar-refractivity contribution in [2.75, 3.05) is 25.9 Å². The summed E-state index contributed by atoms with van der Waals surface area (Å²) in [4.78, 5) is 0.274. The summed E-state index contributed by atoms with van der Waals surface area (Å²) in [6, 6.07) is 6.20. The van der Waals surface area contributed by atoms with E-state index in [1.54, 1.807) is 19.2 Å². The van der Waals surface area contributed by atoms with Crippen LogP contribution < -0.4 is 5.73 Å². The Balaban J connectivity index is 2.17. The first-order valence-electron chi connectivity index (χ1n) is 4.92. The highest BCUT2D eigenvalue weighted by Gasteiger charge is 2.36. The van der Waals surface area contributed by atoms with Gasteiger partial charge in [-0.15, -0.1) is 0 Å². The average molecular weight is 242 g/mol. The number of nitrogens with two attached hydrogens (primary N) is 1. The van der Waals surface area contributed by atoms with Gasteiger partial charge in [-0.3, -0.25) is 0 Å². The summed E-state index contributed by atoms with van der Waals surface area (Å²) in [6.07, 6.45) is 0.0172. The molecular weight excluding hydrogens is 228 g/mol. The Morgan fingerprint density at radius 1 is 1.31 bits per heavy atom. The zero-order chi connectivity index (χ0) is 11.8. The van der Waals surface area contributed by atoms with Crippen molar-refractivity contribution >= 4 is 15.7 Å². The van der Waals surface area contributed by atoms with Gasteiger partial charge in [0.2, 0.25) is 10.0 Å². The molecule has 1 heterocycles. The van der Waals surface area contributed by atoms with Crippen molar-refractivity contribution < 1.29 is 13.2 Å². The largest absolute Gasteiger partial charge is 0.399 e. The Hall–Kier alpha value is -1.11. The van der Waals surface area contributed by atoms with Gasteiger partial charge in [-0.2, -0.15) is 4.31 Å². The summed E-state index contributed by atoms with van der Waals surface area (Å²) >= 11 is 0. The number of methoxy groups -OCH3 is 1. The molecule has 16 heavy (non-hydrogen) atoms. The molecular formula is C10H14N2O3S. The van der Waals surface area contributed by atoms with Crippen LogP contribution in [-0.4, -0.2) is 39.0 Å². The van der Waals surface area contributed by atoms with Crippen LogP contribution in [0.2, 0.25) is 0 Å². The maximum atomic E-state index is 12.0. The maximum absolute atomic E-state index is 12.0. The first-order chi connectivity index (χ1) is 7.54. The van der Waals surface area contributed by atoms with E-state index in [-0.39, 0.29) is 11.0 Å². The van der Waals surface area contributed by atoms with Gasteiger partial charge in [0, 0.05) is 25.9 Å². The lowest BCUT2D eigenvalue weighted by molar-refractivity contribution is 0.0125. The van der Waals surface area contributed by atoms with Gasteiger partial charge in [-0.1, -0.05) is 0 Å². The molecule has 1 saturated heterocycles. The zero-order valence-electron chi connectivity index (χ0n) is 8.96. The van der Waals surface area contributed by atoms with E-state index in [9.17, 15) is 8.42 Å². The molecule has 0 spiro atoms. The van der Waals surface area contributed by atoms with Crippen LogP contribution in [0.25, 0.3) is 0 Å². The molecule has 1 fully saturated rings. The predicted molar refractivity (Wildman–Crippen MR) is 60.4 cm³/mol. The molecule has 1 aromatic carbocycles. The van der Waals surface area contributed by atoms with E-state index in [0.29, 0.717) is 18.8 Å². The second kappa shape index (κ2) is 4.04. The molecule has 0 aromatic heterocycles. The van der Waals surface area contributed by atoms with Crippen LogP contribution in [-0.2, 0) is 14.8 Å². The lowest BCUT2D eigenvalue weighted by atomic mass is 10.2. The van der Waals surface area contributed by atoms with Gasteiger partial charge >= 0.3 is 0 Å². The number of nitrogen functional groups attached to an aromatic ring is 1. The van der Waals surface area contributed by atoms with Crippen LogP contribution in [0, 0.1) is 0 Å². The fraction of sp³-hybridized carbons (Fsp3) is 0.400. The molecule has 0 amide bonds. The number of benzene rings is 1. The number of nitrogens with zero attached hydrogens (tertiary/aromatic N) is 1. The highest BCUT2D eigenvalue weighted by molar-refractivity contribution is 7.89. The highest BCUT2D eigenvalue weighted by Crippen LogP contribution is 2.23. The van der Waals surface area contributed by atoms with Crippen molar-refractivity contribution in [3.63, 3.8) is 0 Å². The fourth-order valence-electron chi connectivity index (χ4n) is 1.53. The lowest BCUT2D eigenvalue weighted by Crippen LogP contribution is -2.54. The van der Waals surface area contributed by atoms with Crippen LogP contribution in [0.15, 0.2) is 29.2 Å². The minimum absolute atomic E-state index is 0.0172. The standard InChI is InChI=1S/C10H14N2O3S/c1-15-9-6-12(7-9)16(13,14)10-4-2-8(11)3-5-10/h2-5,9H,6-7,11H2,1H3. The van der Waals surface area contributed by atoms with Crippen molar-refractivity contribution in [3.05, 3.63) is 24.3 Å². The summed E-state index contributed by atoms with van der Waals surface area (Å²) in [5, 5.41) is 0. The monoisotopic (exact) mass is 242 g/mol. The minimum atomic E-state index is -3.36. The molecule has 2 rings (SSSR count). The number of hydrogen-bond donors (Lipinski definition) is 1. The summed E-state index contributed by atoms with van der Waals surface area (Å²) in [6.45, 7) is 0.840. The SMILES string of the molecule is COC1CN(S(=O)(=O)c2ccc(N)cc2)C1. The van der Waals surface area contributed by atoms with Crippen molar-refractivity contribution in [1.82, 2.24) is 4.31 Å². The molecule has 1 aliphatic rings. The van der Waals surface area contributed by atoms with Crippen molar-refractivity contribution in [3.8, 4) is 0 Å². The van der Waals surface area contributed by atoms with Gasteiger partial charge in [0.25, 0.3) is 0 Å².